The van der Waals surface area contributed by atoms with E-state index in [2.05, 4.69) is 238 Å². The molecule has 0 saturated carbocycles. The lowest BCUT2D eigenvalue weighted by atomic mass is 9.43. The summed E-state index contributed by atoms with van der Waals surface area (Å²) in [6.07, 6.45) is 5.83. The van der Waals surface area contributed by atoms with Crippen LogP contribution in [0.3, 0.4) is 0 Å². The molecule has 69 heavy (non-hydrogen) atoms. The van der Waals surface area contributed by atoms with Crippen molar-refractivity contribution < 1.29 is 0 Å². The van der Waals surface area contributed by atoms with Crippen LogP contribution in [0.2, 0.25) is 0 Å². The van der Waals surface area contributed by atoms with Crippen molar-refractivity contribution in [3.05, 3.63) is 204 Å². The van der Waals surface area contributed by atoms with E-state index in [1.54, 1.807) is 0 Å². The number of para-hydroxylation sites is 2. The molecule has 0 radical (unpaired) electrons. The molecule has 9 aromatic carbocycles. The minimum absolute atomic E-state index is 0.0483. The third-order valence-electron chi connectivity index (χ3n) is 16.3. The van der Waals surface area contributed by atoms with Gasteiger partial charge in [0.1, 0.15) is 0 Å². The maximum absolute atomic E-state index is 2.75. The first-order valence-electron chi connectivity index (χ1n) is 25.3. The van der Waals surface area contributed by atoms with Gasteiger partial charge in [-0.25, -0.2) is 0 Å². The molecule has 3 nitrogen and oxygen atoms in total. The molecule has 3 heterocycles. The fourth-order valence-electron chi connectivity index (χ4n) is 12.5. The number of nitrogens with zero attached hydrogens (tertiary/aromatic N) is 3. The minimum Gasteiger partial charge on any atom is -0.376 e. The van der Waals surface area contributed by atoms with Crippen LogP contribution in [-0.4, -0.2) is 11.4 Å². The van der Waals surface area contributed by atoms with Gasteiger partial charge in [-0.05, 0) is 177 Å². The second-order valence-corrected chi connectivity index (χ2v) is 21.5. The standard InChI is InChI=1S/C65H58BN3/c1-7-8-18-43-27-29-49(30-28-43)67(48-23-13-10-14-24-48)50-31-32-58-53(40-50)54-37-47(44-19-11-9-12-20-44)39-61-62(54)66(69(58)59-41-56-55(35-42(59)2)64(3,4)33-34-65(56,5)6)57-26-17-25-51-52-36-45-21-15-16-22-46(45)38-60(52)68(61)63(51)57/h9-17,19-32,35-41H,7-8,18,33-34H2,1-6H3. The molecule has 10 aromatic rings. The van der Waals surface area contributed by atoms with Gasteiger partial charge in [0, 0.05) is 50.5 Å². The molecule has 0 saturated heterocycles. The monoisotopic (exact) mass is 891 g/mol. The summed E-state index contributed by atoms with van der Waals surface area (Å²) in [7, 11) is 0. The smallest absolute Gasteiger partial charge is 0.333 e. The number of aryl methyl sites for hydroxylation is 2. The van der Waals surface area contributed by atoms with Crippen LogP contribution in [0.15, 0.2) is 182 Å². The molecule has 336 valence electrons. The van der Waals surface area contributed by atoms with Gasteiger partial charge in [-0.2, -0.15) is 0 Å². The Morgan fingerprint density at radius 2 is 1.20 bits per heavy atom. The molecule has 0 atom stereocenters. The summed E-state index contributed by atoms with van der Waals surface area (Å²) in [5, 5.41) is 5.12. The first-order chi connectivity index (χ1) is 33.6. The number of hydrogen-bond acceptors (Lipinski definition) is 2. The largest absolute Gasteiger partial charge is 0.376 e. The first kappa shape index (κ1) is 41.9. The number of aromatic nitrogens is 1. The molecule has 4 heteroatoms. The summed E-state index contributed by atoms with van der Waals surface area (Å²) >= 11 is 0. The minimum atomic E-state index is -0.0783. The maximum atomic E-state index is 2.75. The molecular weight excluding hydrogens is 834 g/mol. The quantitative estimate of drug-likeness (QED) is 0.141. The van der Waals surface area contributed by atoms with Crippen molar-refractivity contribution in [1.82, 2.24) is 4.57 Å². The lowest BCUT2D eigenvalue weighted by Crippen LogP contribution is -2.60. The average molecular weight is 892 g/mol. The van der Waals surface area contributed by atoms with Crippen molar-refractivity contribution in [1.29, 1.82) is 0 Å². The van der Waals surface area contributed by atoms with Crippen LogP contribution in [0, 0.1) is 6.92 Å². The Balaban J connectivity index is 1.14. The molecule has 0 unspecified atom stereocenters. The summed E-state index contributed by atoms with van der Waals surface area (Å²) in [5.74, 6) is 0. The zero-order valence-corrected chi connectivity index (χ0v) is 40.8. The van der Waals surface area contributed by atoms with E-state index >= 15 is 0 Å². The molecule has 1 aromatic heterocycles. The van der Waals surface area contributed by atoms with Gasteiger partial charge in [0.2, 0.25) is 0 Å². The normalized spacial score (nSPS) is 15.0. The van der Waals surface area contributed by atoms with E-state index < -0.39 is 0 Å². The SMILES string of the molecule is CCCCc1ccc(N(c2ccccc2)c2ccc3c(c2)-c2cc(-c4ccccc4)cc4c2B(c2cccc5c6cc7ccccc7cc6n-4c25)N3c2cc3c(cc2C)C(C)(C)CCC3(C)C)cc1. The molecule has 0 fully saturated rings. The van der Waals surface area contributed by atoms with Crippen LogP contribution < -0.4 is 20.6 Å². The van der Waals surface area contributed by atoms with Crippen molar-refractivity contribution in [2.75, 3.05) is 9.71 Å². The Morgan fingerprint density at radius 3 is 1.94 bits per heavy atom. The lowest BCUT2D eigenvalue weighted by molar-refractivity contribution is 0.332. The van der Waals surface area contributed by atoms with Crippen LogP contribution in [0.5, 0.6) is 0 Å². The van der Waals surface area contributed by atoms with E-state index in [1.807, 2.05) is 0 Å². The van der Waals surface area contributed by atoms with E-state index in [0.29, 0.717) is 0 Å². The Bertz CT molecular complexity index is 3680. The Hall–Kier alpha value is -7.30. The predicted molar refractivity (Wildman–Crippen MR) is 296 cm³/mol. The molecule has 0 spiro atoms. The summed E-state index contributed by atoms with van der Waals surface area (Å²) in [5.41, 5.74) is 23.3. The maximum Gasteiger partial charge on any atom is 0.333 e. The van der Waals surface area contributed by atoms with E-state index in [-0.39, 0.29) is 17.7 Å². The van der Waals surface area contributed by atoms with Gasteiger partial charge in [0.05, 0.1) is 11.0 Å². The molecule has 0 amide bonds. The summed E-state index contributed by atoms with van der Waals surface area (Å²) < 4.78 is 2.63. The zero-order chi connectivity index (χ0) is 46.8. The molecule has 0 N–H and O–H groups in total. The number of fused-ring (bicyclic) bond motifs is 9. The number of anilines is 5. The number of rotatable bonds is 8. The van der Waals surface area contributed by atoms with Gasteiger partial charge < -0.3 is 14.3 Å². The third-order valence-corrected chi connectivity index (χ3v) is 16.3. The molecule has 3 aliphatic rings. The van der Waals surface area contributed by atoms with E-state index in [1.165, 1.54) is 124 Å². The van der Waals surface area contributed by atoms with Crippen LogP contribution in [0.1, 0.15) is 82.6 Å². The van der Waals surface area contributed by atoms with E-state index in [0.717, 1.165) is 29.9 Å². The fraction of sp³-hybridized carbons (Fsp3) is 0.200. The highest BCUT2D eigenvalue weighted by molar-refractivity contribution is 6.93. The van der Waals surface area contributed by atoms with Crippen molar-refractivity contribution in [3.8, 4) is 27.9 Å². The highest BCUT2D eigenvalue weighted by Crippen LogP contribution is 2.52. The highest BCUT2D eigenvalue weighted by atomic mass is 15.1. The van der Waals surface area contributed by atoms with Crippen LogP contribution in [0.25, 0.3) is 60.5 Å². The average Bonchev–Trinajstić information content (AvgIpc) is 3.70. The number of unbranched alkanes of at least 4 members (excludes halogenated alkanes) is 1. The molecule has 2 aliphatic heterocycles. The van der Waals surface area contributed by atoms with Crippen LogP contribution >= 0.6 is 0 Å². The molecule has 13 rings (SSSR count). The van der Waals surface area contributed by atoms with Crippen molar-refractivity contribution in [2.45, 2.75) is 84.5 Å². The zero-order valence-electron chi connectivity index (χ0n) is 40.8. The second-order valence-electron chi connectivity index (χ2n) is 21.5. The summed E-state index contributed by atoms with van der Waals surface area (Å²) in [4.78, 5) is 5.20. The Morgan fingerprint density at radius 1 is 0.536 bits per heavy atom. The summed E-state index contributed by atoms with van der Waals surface area (Å²) in [6, 6.07) is 69.6. The lowest BCUT2D eigenvalue weighted by Gasteiger charge is -2.46. The van der Waals surface area contributed by atoms with Crippen LogP contribution in [-0.2, 0) is 17.3 Å². The third kappa shape index (κ3) is 6.48. The van der Waals surface area contributed by atoms with Gasteiger partial charge in [0.15, 0.2) is 0 Å². The van der Waals surface area contributed by atoms with Gasteiger partial charge in [-0.1, -0.05) is 150 Å². The fourth-order valence-corrected chi connectivity index (χ4v) is 12.5. The van der Waals surface area contributed by atoms with Gasteiger partial charge >= 0.3 is 6.85 Å². The Kier molecular flexibility index (Phi) is 9.48. The predicted octanol–water partition coefficient (Wildman–Crippen LogP) is 16.3. The summed E-state index contributed by atoms with van der Waals surface area (Å²) in [6.45, 7) is 14.4. The van der Waals surface area contributed by atoms with Crippen molar-refractivity contribution in [2.24, 2.45) is 0 Å². The first-order valence-corrected chi connectivity index (χ1v) is 25.3. The van der Waals surface area contributed by atoms with Crippen LogP contribution in [0.4, 0.5) is 28.4 Å². The Labute approximate surface area is 407 Å². The molecule has 0 bridgehead atoms. The van der Waals surface area contributed by atoms with Gasteiger partial charge in [0.25, 0.3) is 0 Å². The highest BCUT2D eigenvalue weighted by Gasteiger charge is 2.46. The van der Waals surface area contributed by atoms with Crippen molar-refractivity contribution >= 4 is 78.8 Å². The molecular formula is C65H58BN3. The molecule has 1 aliphatic carbocycles. The second kappa shape index (κ2) is 15.6. The van der Waals surface area contributed by atoms with Gasteiger partial charge in [-0.15, -0.1) is 0 Å². The topological polar surface area (TPSA) is 11.4 Å². The van der Waals surface area contributed by atoms with E-state index in [4.69, 9.17) is 0 Å². The number of benzene rings is 9. The van der Waals surface area contributed by atoms with Gasteiger partial charge in [-0.3, -0.25) is 0 Å². The van der Waals surface area contributed by atoms with Crippen molar-refractivity contribution in [3.63, 3.8) is 0 Å². The van der Waals surface area contributed by atoms with E-state index in [9.17, 15) is 0 Å². The number of hydrogen-bond donors (Lipinski definition) is 0.